The molecule has 2 rings (SSSR count). The van der Waals surface area contributed by atoms with Gasteiger partial charge in [-0.25, -0.2) is 9.97 Å². The number of nitrogens with zero attached hydrogens (tertiary/aromatic N) is 2. The van der Waals surface area contributed by atoms with Gasteiger partial charge < -0.3 is 5.32 Å². The van der Waals surface area contributed by atoms with Crippen molar-refractivity contribution in [3.8, 4) is 11.8 Å². The molecule has 4 nitrogen and oxygen atoms in total. The summed E-state index contributed by atoms with van der Waals surface area (Å²) in [6.45, 7) is 2.18. The van der Waals surface area contributed by atoms with E-state index in [1.54, 1.807) is 6.92 Å². The Morgan fingerprint density at radius 2 is 2.41 bits per heavy atom. The Balaban J connectivity index is 1.87. The third-order valence-corrected chi connectivity index (χ3v) is 2.74. The highest BCUT2D eigenvalue weighted by Crippen LogP contribution is 2.18. The first-order chi connectivity index (χ1) is 8.29. The van der Waals surface area contributed by atoms with Crippen molar-refractivity contribution in [2.45, 2.75) is 32.6 Å². The van der Waals surface area contributed by atoms with Gasteiger partial charge in [0.1, 0.15) is 5.82 Å². The summed E-state index contributed by atoms with van der Waals surface area (Å²) < 4.78 is 0. The molecule has 4 heteroatoms. The van der Waals surface area contributed by atoms with Gasteiger partial charge >= 0.3 is 0 Å². The molecule has 0 aromatic carbocycles. The van der Waals surface area contributed by atoms with Crippen LogP contribution < -0.4 is 5.32 Å². The van der Waals surface area contributed by atoms with E-state index in [0.717, 1.165) is 18.7 Å². The van der Waals surface area contributed by atoms with Crippen molar-refractivity contribution in [2.75, 3.05) is 6.54 Å². The highest BCUT2D eigenvalue weighted by molar-refractivity contribution is 5.93. The second-order valence-corrected chi connectivity index (χ2v) is 3.99. The molecule has 1 aromatic rings. The quantitative estimate of drug-likeness (QED) is 0.774. The Bertz CT molecular complexity index is 485. The Hall–Kier alpha value is -1.89. The van der Waals surface area contributed by atoms with Crippen LogP contribution in [0.3, 0.4) is 0 Å². The molecule has 88 valence electrons. The molecule has 1 heterocycles. The van der Waals surface area contributed by atoms with Gasteiger partial charge in [0.05, 0.1) is 0 Å². The summed E-state index contributed by atoms with van der Waals surface area (Å²) in [7, 11) is 0. The van der Waals surface area contributed by atoms with Crippen LogP contribution in [-0.2, 0) is 24.1 Å². The van der Waals surface area contributed by atoms with Crippen LogP contribution >= 0.6 is 0 Å². The summed E-state index contributed by atoms with van der Waals surface area (Å²) in [5, 5.41) is 2.71. The summed E-state index contributed by atoms with van der Waals surface area (Å²) in [5.74, 6) is 5.55. The van der Waals surface area contributed by atoms with E-state index in [-0.39, 0.29) is 5.91 Å². The maximum atomic E-state index is 11.1. The van der Waals surface area contributed by atoms with Crippen LogP contribution in [0.2, 0.25) is 0 Å². The molecule has 1 aliphatic rings. The third kappa shape index (κ3) is 3.04. The van der Waals surface area contributed by atoms with Gasteiger partial charge in [0.2, 0.25) is 0 Å². The van der Waals surface area contributed by atoms with Gasteiger partial charge in [-0.1, -0.05) is 5.92 Å². The van der Waals surface area contributed by atoms with Crippen LogP contribution in [0.5, 0.6) is 0 Å². The fourth-order valence-electron chi connectivity index (χ4n) is 1.92. The predicted octanol–water partition coefficient (Wildman–Crippen LogP) is 0.647. The van der Waals surface area contributed by atoms with Crippen molar-refractivity contribution in [1.82, 2.24) is 15.3 Å². The van der Waals surface area contributed by atoms with Crippen molar-refractivity contribution in [1.29, 1.82) is 0 Å². The number of aromatic nitrogens is 2. The fourth-order valence-corrected chi connectivity index (χ4v) is 1.92. The molecule has 0 spiro atoms. The van der Waals surface area contributed by atoms with E-state index in [4.69, 9.17) is 0 Å². The largest absolute Gasteiger partial charge is 0.345 e. The van der Waals surface area contributed by atoms with Gasteiger partial charge in [-0.3, -0.25) is 4.79 Å². The average Bonchev–Trinajstić information content (AvgIpc) is 2.76. The molecular weight excluding hydrogens is 214 g/mol. The van der Waals surface area contributed by atoms with Crippen molar-refractivity contribution in [3.63, 3.8) is 0 Å². The molecule has 1 N–H and O–H groups in total. The maximum absolute atomic E-state index is 11.1. The van der Waals surface area contributed by atoms with E-state index in [0.29, 0.717) is 13.0 Å². The molecular formula is C13H15N3O. The number of aryl methyl sites for hydroxylation is 2. The third-order valence-electron chi connectivity index (χ3n) is 2.74. The van der Waals surface area contributed by atoms with Gasteiger partial charge in [-0.15, -0.1) is 0 Å². The SMILES string of the molecule is CC#CC(=O)NCCc1ncc2c(n1)CCC2. The normalized spacial score (nSPS) is 12.5. The lowest BCUT2D eigenvalue weighted by Crippen LogP contribution is -2.24. The summed E-state index contributed by atoms with van der Waals surface area (Å²) in [5.41, 5.74) is 2.45. The van der Waals surface area contributed by atoms with E-state index in [1.807, 2.05) is 6.20 Å². The number of amides is 1. The number of rotatable bonds is 3. The monoisotopic (exact) mass is 229 g/mol. The number of hydrogen-bond acceptors (Lipinski definition) is 3. The molecule has 1 aliphatic carbocycles. The Kier molecular flexibility index (Phi) is 3.71. The molecule has 0 aliphatic heterocycles. The van der Waals surface area contributed by atoms with E-state index >= 15 is 0 Å². The number of hydrogen-bond donors (Lipinski definition) is 1. The van der Waals surface area contributed by atoms with E-state index in [9.17, 15) is 4.79 Å². The highest BCUT2D eigenvalue weighted by atomic mass is 16.1. The zero-order valence-electron chi connectivity index (χ0n) is 9.92. The molecule has 1 amide bonds. The second-order valence-electron chi connectivity index (χ2n) is 3.99. The lowest BCUT2D eigenvalue weighted by molar-refractivity contribution is -0.115. The number of nitrogens with one attached hydrogen (secondary N) is 1. The first-order valence-electron chi connectivity index (χ1n) is 5.84. The smallest absolute Gasteiger partial charge is 0.295 e. The zero-order valence-corrected chi connectivity index (χ0v) is 9.92. The number of carbonyl (C=O) groups is 1. The highest BCUT2D eigenvalue weighted by Gasteiger charge is 2.13. The van der Waals surface area contributed by atoms with E-state index in [2.05, 4.69) is 27.1 Å². The lowest BCUT2D eigenvalue weighted by atomic mass is 10.2. The first-order valence-corrected chi connectivity index (χ1v) is 5.84. The van der Waals surface area contributed by atoms with Crippen LogP contribution in [0, 0.1) is 11.8 Å². The van der Waals surface area contributed by atoms with Gasteiger partial charge in [0, 0.05) is 24.9 Å². The number of carbonyl (C=O) groups excluding carboxylic acids is 1. The fraction of sp³-hybridized carbons (Fsp3) is 0.462. The van der Waals surface area contributed by atoms with Crippen molar-refractivity contribution >= 4 is 5.91 Å². The van der Waals surface area contributed by atoms with Gasteiger partial charge in [-0.05, 0) is 37.7 Å². The molecule has 0 atom stereocenters. The molecule has 0 unspecified atom stereocenters. The minimum absolute atomic E-state index is 0.242. The topological polar surface area (TPSA) is 54.9 Å². The van der Waals surface area contributed by atoms with Crippen LogP contribution in [-0.4, -0.2) is 22.4 Å². The minimum atomic E-state index is -0.242. The van der Waals surface area contributed by atoms with Crippen LogP contribution in [0.25, 0.3) is 0 Å². The van der Waals surface area contributed by atoms with Crippen molar-refractivity contribution in [2.24, 2.45) is 0 Å². The zero-order chi connectivity index (χ0) is 12.1. The van der Waals surface area contributed by atoms with Gasteiger partial charge in [-0.2, -0.15) is 0 Å². The first kappa shape index (κ1) is 11.6. The second kappa shape index (κ2) is 5.44. The summed E-state index contributed by atoms with van der Waals surface area (Å²) in [4.78, 5) is 19.9. The molecule has 0 saturated carbocycles. The van der Waals surface area contributed by atoms with E-state index < -0.39 is 0 Å². The predicted molar refractivity (Wildman–Crippen MR) is 64.2 cm³/mol. The van der Waals surface area contributed by atoms with E-state index in [1.165, 1.54) is 17.7 Å². The molecule has 0 bridgehead atoms. The molecule has 17 heavy (non-hydrogen) atoms. The Morgan fingerprint density at radius 1 is 1.53 bits per heavy atom. The summed E-state index contributed by atoms with van der Waals surface area (Å²) >= 11 is 0. The maximum Gasteiger partial charge on any atom is 0.295 e. The molecule has 1 aromatic heterocycles. The summed E-state index contributed by atoms with van der Waals surface area (Å²) in [6.07, 6.45) is 5.90. The summed E-state index contributed by atoms with van der Waals surface area (Å²) in [6, 6.07) is 0. The van der Waals surface area contributed by atoms with Gasteiger partial charge in [0.25, 0.3) is 5.91 Å². The molecule has 0 radical (unpaired) electrons. The number of fused-ring (bicyclic) bond motifs is 1. The van der Waals surface area contributed by atoms with Crippen LogP contribution in [0.4, 0.5) is 0 Å². The molecule has 0 saturated heterocycles. The standard InChI is InChI=1S/C13H15N3O/c1-2-4-13(17)14-8-7-12-15-9-10-5-3-6-11(10)16-12/h9H,3,5-8H2,1H3,(H,14,17). The Labute approximate surface area is 101 Å². The Morgan fingerprint density at radius 3 is 3.24 bits per heavy atom. The van der Waals surface area contributed by atoms with Crippen LogP contribution in [0.15, 0.2) is 6.20 Å². The minimum Gasteiger partial charge on any atom is -0.345 e. The van der Waals surface area contributed by atoms with Crippen molar-refractivity contribution < 1.29 is 4.79 Å². The van der Waals surface area contributed by atoms with Crippen molar-refractivity contribution in [3.05, 3.63) is 23.3 Å². The van der Waals surface area contributed by atoms with Gasteiger partial charge in [0.15, 0.2) is 0 Å². The molecule has 0 fully saturated rings. The lowest BCUT2D eigenvalue weighted by Gasteiger charge is -2.03. The average molecular weight is 229 g/mol. The van der Waals surface area contributed by atoms with Crippen LogP contribution in [0.1, 0.15) is 30.4 Å².